The van der Waals surface area contributed by atoms with Gasteiger partial charge >= 0.3 is 0 Å². The molecule has 6 heteroatoms. The Kier molecular flexibility index (Phi) is 5.16. The second-order valence-electron chi connectivity index (χ2n) is 6.51. The van der Waals surface area contributed by atoms with Gasteiger partial charge in [0.25, 0.3) is 5.91 Å². The second-order valence-corrected chi connectivity index (χ2v) is 6.51. The van der Waals surface area contributed by atoms with E-state index in [2.05, 4.69) is 10.6 Å². The highest BCUT2D eigenvalue weighted by molar-refractivity contribution is 5.92. The van der Waals surface area contributed by atoms with Gasteiger partial charge in [0.05, 0.1) is 0 Å². The second kappa shape index (κ2) is 7.32. The summed E-state index contributed by atoms with van der Waals surface area (Å²) in [7, 11) is 1.57. The van der Waals surface area contributed by atoms with E-state index in [4.69, 9.17) is 4.74 Å². The Morgan fingerprint density at radius 1 is 1.33 bits per heavy atom. The molecule has 0 radical (unpaired) electrons. The van der Waals surface area contributed by atoms with Crippen molar-refractivity contribution in [3.05, 3.63) is 35.9 Å². The predicted octanol–water partition coefficient (Wildman–Crippen LogP) is 0.672. The quantitative estimate of drug-likeness (QED) is 0.832. The molecule has 0 aromatic heterocycles. The van der Waals surface area contributed by atoms with Crippen LogP contribution in [0.15, 0.2) is 30.3 Å². The molecule has 0 bridgehead atoms. The van der Waals surface area contributed by atoms with Crippen LogP contribution in [0.25, 0.3) is 0 Å². The number of ether oxygens (including phenoxy) is 1. The first-order valence-corrected chi connectivity index (χ1v) is 8.54. The largest absolute Gasteiger partial charge is 0.368 e. The molecule has 1 aromatic rings. The number of piperidine rings is 1. The van der Waals surface area contributed by atoms with Gasteiger partial charge in [-0.05, 0) is 37.9 Å². The Morgan fingerprint density at radius 2 is 2.04 bits per heavy atom. The van der Waals surface area contributed by atoms with Gasteiger partial charge in [-0.25, -0.2) is 0 Å². The molecule has 130 valence electrons. The summed E-state index contributed by atoms with van der Waals surface area (Å²) >= 11 is 0. The number of nitrogens with zero attached hydrogens (tertiary/aromatic N) is 1. The van der Waals surface area contributed by atoms with Crippen LogP contribution >= 0.6 is 0 Å². The van der Waals surface area contributed by atoms with Crippen molar-refractivity contribution in [3.63, 3.8) is 0 Å². The van der Waals surface area contributed by atoms with Crippen molar-refractivity contribution >= 4 is 11.8 Å². The third-order valence-corrected chi connectivity index (χ3v) is 5.03. The topological polar surface area (TPSA) is 70.7 Å². The van der Waals surface area contributed by atoms with E-state index in [0.29, 0.717) is 32.4 Å². The molecule has 24 heavy (non-hydrogen) atoms. The molecule has 2 heterocycles. The van der Waals surface area contributed by atoms with Crippen LogP contribution in [0, 0.1) is 0 Å². The van der Waals surface area contributed by atoms with E-state index in [1.165, 1.54) is 0 Å². The van der Waals surface area contributed by atoms with Crippen LogP contribution < -0.4 is 10.6 Å². The number of benzene rings is 1. The van der Waals surface area contributed by atoms with Crippen molar-refractivity contribution in [1.82, 2.24) is 15.5 Å². The summed E-state index contributed by atoms with van der Waals surface area (Å²) < 4.78 is 5.53. The molecule has 0 saturated carbocycles. The summed E-state index contributed by atoms with van der Waals surface area (Å²) in [5.41, 5.74) is 0.294. The fraction of sp³-hybridized carbons (Fsp3) is 0.556. The number of methoxy groups -OCH3 is 1. The van der Waals surface area contributed by atoms with Crippen molar-refractivity contribution in [1.29, 1.82) is 0 Å². The molecule has 1 aromatic carbocycles. The van der Waals surface area contributed by atoms with Crippen molar-refractivity contribution in [2.45, 2.75) is 37.5 Å². The lowest BCUT2D eigenvalue weighted by atomic mass is 9.90. The van der Waals surface area contributed by atoms with Crippen molar-refractivity contribution < 1.29 is 14.3 Å². The third kappa shape index (κ3) is 3.44. The number of likely N-dealkylation sites (tertiary alicyclic amines) is 1. The Labute approximate surface area is 142 Å². The number of hydrogen-bond donors (Lipinski definition) is 2. The van der Waals surface area contributed by atoms with Crippen molar-refractivity contribution in [2.24, 2.45) is 0 Å². The third-order valence-electron chi connectivity index (χ3n) is 5.03. The fourth-order valence-electron chi connectivity index (χ4n) is 3.48. The van der Waals surface area contributed by atoms with Crippen LogP contribution in [0.5, 0.6) is 0 Å². The summed E-state index contributed by atoms with van der Waals surface area (Å²) in [6, 6.07) is 9.47. The smallest absolute Gasteiger partial charge is 0.252 e. The first kappa shape index (κ1) is 16.9. The normalized spacial score (nSPS) is 23.3. The highest BCUT2D eigenvalue weighted by Crippen LogP contribution is 2.24. The summed E-state index contributed by atoms with van der Waals surface area (Å²) in [6.07, 6.45) is 1.91. The van der Waals surface area contributed by atoms with E-state index in [9.17, 15) is 9.59 Å². The van der Waals surface area contributed by atoms with Crippen LogP contribution in [-0.4, -0.2) is 55.1 Å². The van der Waals surface area contributed by atoms with E-state index in [-0.39, 0.29) is 11.8 Å². The van der Waals surface area contributed by atoms with E-state index in [0.717, 1.165) is 18.7 Å². The number of hydrogen-bond acceptors (Lipinski definition) is 4. The summed E-state index contributed by atoms with van der Waals surface area (Å²) in [5, 5.41) is 6.15. The van der Waals surface area contributed by atoms with Gasteiger partial charge in [0, 0.05) is 20.2 Å². The number of rotatable bonds is 5. The molecule has 1 atom stereocenters. The molecule has 1 unspecified atom stereocenters. The van der Waals surface area contributed by atoms with Gasteiger partial charge in [-0.2, -0.15) is 0 Å². The minimum atomic E-state index is -0.807. The van der Waals surface area contributed by atoms with Gasteiger partial charge in [0.15, 0.2) is 0 Å². The molecular formula is C18H25N3O3. The van der Waals surface area contributed by atoms with E-state index >= 15 is 0 Å². The van der Waals surface area contributed by atoms with Gasteiger partial charge in [0.1, 0.15) is 11.6 Å². The molecule has 2 saturated heterocycles. The molecule has 2 aliphatic heterocycles. The zero-order valence-corrected chi connectivity index (χ0v) is 14.1. The summed E-state index contributed by atoms with van der Waals surface area (Å²) in [4.78, 5) is 27.1. The maximum Gasteiger partial charge on any atom is 0.252 e. The Morgan fingerprint density at radius 3 is 2.71 bits per heavy atom. The average Bonchev–Trinajstić information content (AvgIpc) is 2.96. The van der Waals surface area contributed by atoms with Crippen LogP contribution in [0.3, 0.4) is 0 Å². The van der Waals surface area contributed by atoms with Gasteiger partial charge in [-0.1, -0.05) is 30.3 Å². The van der Waals surface area contributed by atoms with Crippen LogP contribution in [0.1, 0.15) is 24.8 Å². The highest BCUT2D eigenvalue weighted by atomic mass is 16.5. The molecule has 2 aliphatic rings. The van der Waals surface area contributed by atoms with Crippen LogP contribution in [-0.2, 0) is 20.9 Å². The Hall–Kier alpha value is -1.92. The van der Waals surface area contributed by atoms with Gasteiger partial charge < -0.3 is 20.3 Å². The SMILES string of the molecule is COC1(C(=O)NC2CCN(Cc3ccccc3)C2=O)CCNCC1. The Balaban J connectivity index is 1.60. The summed E-state index contributed by atoms with van der Waals surface area (Å²) in [5.74, 6) is -0.168. The predicted molar refractivity (Wildman–Crippen MR) is 90.3 cm³/mol. The standard InChI is InChI=1S/C18H25N3O3/c1-24-18(8-10-19-11-9-18)17(23)20-15-7-12-21(16(15)22)13-14-5-3-2-4-6-14/h2-6,15,19H,7-13H2,1H3,(H,20,23). The van der Waals surface area contributed by atoms with E-state index in [1.807, 2.05) is 35.2 Å². The van der Waals surface area contributed by atoms with Crippen molar-refractivity contribution in [2.75, 3.05) is 26.7 Å². The summed E-state index contributed by atoms with van der Waals surface area (Å²) in [6.45, 7) is 2.76. The molecule has 2 amide bonds. The van der Waals surface area contributed by atoms with Crippen LogP contribution in [0.4, 0.5) is 0 Å². The molecule has 0 aliphatic carbocycles. The number of nitrogens with one attached hydrogen (secondary N) is 2. The van der Waals surface area contributed by atoms with Crippen molar-refractivity contribution in [3.8, 4) is 0 Å². The Bertz CT molecular complexity index is 584. The highest BCUT2D eigenvalue weighted by Gasteiger charge is 2.42. The monoisotopic (exact) mass is 331 g/mol. The molecule has 3 rings (SSSR count). The maximum absolute atomic E-state index is 12.7. The van der Waals surface area contributed by atoms with E-state index < -0.39 is 11.6 Å². The zero-order valence-electron chi connectivity index (χ0n) is 14.1. The van der Waals surface area contributed by atoms with Crippen LogP contribution in [0.2, 0.25) is 0 Å². The number of amides is 2. The number of carbonyl (C=O) groups excluding carboxylic acids is 2. The fourth-order valence-corrected chi connectivity index (χ4v) is 3.48. The van der Waals surface area contributed by atoms with E-state index in [1.54, 1.807) is 7.11 Å². The molecule has 0 spiro atoms. The molecular weight excluding hydrogens is 306 g/mol. The minimum absolute atomic E-state index is 0.00705. The molecule has 2 fully saturated rings. The lowest BCUT2D eigenvalue weighted by molar-refractivity contribution is -0.149. The lowest BCUT2D eigenvalue weighted by Crippen LogP contribution is -2.57. The maximum atomic E-state index is 12.7. The number of carbonyl (C=O) groups is 2. The van der Waals surface area contributed by atoms with Gasteiger partial charge in [-0.15, -0.1) is 0 Å². The molecule has 2 N–H and O–H groups in total. The van der Waals surface area contributed by atoms with Gasteiger partial charge in [-0.3, -0.25) is 9.59 Å². The minimum Gasteiger partial charge on any atom is -0.368 e. The first-order chi connectivity index (χ1) is 11.6. The molecule has 6 nitrogen and oxygen atoms in total. The first-order valence-electron chi connectivity index (χ1n) is 8.54. The average molecular weight is 331 g/mol. The lowest BCUT2D eigenvalue weighted by Gasteiger charge is -2.35. The zero-order chi connectivity index (χ0) is 17.0. The van der Waals surface area contributed by atoms with Gasteiger partial charge in [0.2, 0.25) is 5.91 Å².